The third-order valence-corrected chi connectivity index (χ3v) is 5.29. The van der Waals surface area contributed by atoms with E-state index in [4.69, 9.17) is 0 Å². The highest BCUT2D eigenvalue weighted by molar-refractivity contribution is 5.86. The average Bonchev–Trinajstić information content (AvgIpc) is 2.92. The van der Waals surface area contributed by atoms with Gasteiger partial charge in [0.1, 0.15) is 0 Å². The maximum atomic E-state index is 12.9. The summed E-state index contributed by atoms with van der Waals surface area (Å²) < 4.78 is 28.2. The van der Waals surface area contributed by atoms with Crippen molar-refractivity contribution in [3.8, 4) is 0 Å². The van der Waals surface area contributed by atoms with Gasteiger partial charge in [-0.15, -0.1) is 0 Å². The number of hydrogen-bond donors (Lipinski definition) is 0. The molecule has 0 N–H and O–H groups in total. The van der Waals surface area contributed by atoms with Gasteiger partial charge in [-0.3, -0.25) is 4.98 Å². The van der Waals surface area contributed by atoms with Gasteiger partial charge in [0.25, 0.3) is 6.43 Å². The molecule has 26 heavy (non-hydrogen) atoms. The lowest BCUT2D eigenvalue weighted by molar-refractivity contribution is 0.151. The number of fused-ring (bicyclic) bond motifs is 3. The minimum absolute atomic E-state index is 0.000794. The van der Waals surface area contributed by atoms with Crippen molar-refractivity contribution < 1.29 is 8.78 Å². The molecule has 0 saturated heterocycles. The summed E-state index contributed by atoms with van der Waals surface area (Å²) in [5.74, 6) is 0. The van der Waals surface area contributed by atoms with E-state index in [1.807, 2.05) is 0 Å². The van der Waals surface area contributed by atoms with Gasteiger partial charge in [0.15, 0.2) is 0 Å². The lowest BCUT2D eigenvalue weighted by atomic mass is 10.0. The van der Waals surface area contributed by atoms with Crippen molar-refractivity contribution in [3.05, 3.63) is 64.6 Å². The number of alkyl halides is 2. The molecule has 3 heterocycles. The minimum atomic E-state index is -2.47. The molecule has 1 aliphatic rings. The Kier molecular flexibility index (Phi) is 4.49. The molecular formula is C21H23F2N3. The molecule has 0 atom stereocenters. The van der Waals surface area contributed by atoms with Crippen LogP contribution in [-0.2, 0) is 25.9 Å². The maximum Gasteiger partial charge on any atom is 0.265 e. The quantitative estimate of drug-likeness (QED) is 0.686. The van der Waals surface area contributed by atoms with Crippen molar-refractivity contribution >= 4 is 10.9 Å². The second kappa shape index (κ2) is 6.80. The number of likely N-dealkylation sites (N-methyl/N-ethyl adjacent to an activating group) is 1. The Morgan fingerprint density at radius 2 is 2.04 bits per heavy atom. The Balaban J connectivity index is 1.69. The molecule has 0 saturated carbocycles. The van der Waals surface area contributed by atoms with Crippen LogP contribution in [0.4, 0.5) is 8.78 Å². The fourth-order valence-corrected chi connectivity index (χ4v) is 3.96. The van der Waals surface area contributed by atoms with Crippen LogP contribution in [-0.4, -0.2) is 28.0 Å². The summed E-state index contributed by atoms with van der Waals surface area (Å²) in [6.45, 7) is 4.92. The Hall–Kier alpha value is -2.27. The monoisotopic (exact) mass is 355 g/mol. The normalized spacial score (nSPS) is 15.0. The van der Waals surface area contributed by atoms with Crippen molar-refractivity contribution in [1.82, 2.24) is 14.5 Å². The number of rotatable bonds is 4. The summed E-state index contributed by atoms with van der Waals surface area (Å²) in [7, 11) is 2.16. The van der Waals surface area contributed by atoms with Gasteiger partial charge in [0, 0.05) is 60.6 Å². The van der Waals surface area contributed by atoms with E-state index in [-0.39, 0.29) is 5.56 Å². The Bertz CT molecular complexity index is 946. The molecule has 136 valence electrons. The van der Waals surface area contributed by atoms with Gasteiger partial charge in [-0.2, -0.15) is 0 Å². The van der Waals surface area contributed by atoms with Crippen LogP contribution in [0.5, 0.6) is 0 Å². The first-order chi connectivity index (χ1) is 12.5. The highest BCUT2D eigenvalue weighted by atomic mass is 19.3. The molecule has 1 aromatic carbocycles. The first kappa shape index (κ1) is 17.2. The largest absolute Gasteiger partial charge is 0.344 e. The minimum Gasteiger partial charge on any atom is -0.344 e. The number of aromatic nitrogens is 2. The number of aryl methyl sites for hydroxylation is 3. The van der Waals surface area contributed by atoms with Crippen molar-refractivity contribution in [2.24, 2.45) is 0 Å². The third kappa shape index (κ3) is 3.12. The van der Waals surface area contributed by atoms with E-state index >= 15 is 0 Å². The Morgan fingerprint density at radius 3 is 2.85 bits per heavy atom. The predicted molar refractivity (Wildman–Crippen MR) is 99.6 cm³/mol. The van der Waals surface area contributed by atoms with Crippen LogP contribution >= 0.6 is 0 Å². The standard InChI is InChI=1S/C21H23F2N3/c1-14-3-4-19-17(9-14)18-13-25(2)7-6-20(18)26(19)8-5-15-10-16(21(22)23)12-24-11-15/h3-4,9-12,21H,5-8,13H2,1-2H3. The fraction of sp³-hybridized carbons (Fsp3) is 0.381. The Morgan fingerprint density at radius 1 is 1.19 bits per heavy atom. The maximum absolute atomic E-state index is 12.9. The number of pyridine rings is 1. The first-order valence-corrected chi connectivity index (χ1v) is 9.04. The van der Waals surface area contributed by atoms with Crippen LogP contribution in [0.2, 0.25) is 0 Å². The Labute approximate surface area is 152 Å². The second-order valence-corrected chi connectivity index (χ2v) is 7.26. The van der Waals surface area contributed by atoms with Crippen LogP contribution in [0.1, 0.15) is 34.4 Å². The number of benzene rings is 1. The van der Waals surface area contributed by atoms with E-state index < -0.39 is 6.43 Å². The van der Waals surface area contributed by atoms with Crippen LogP contribution < -0.4 is 0 Å². The van der Waals surface area contributed by atoms with Gasteiger partial charge in [-0.1, -0.05) is 11.6 Å². The van der Waals surface area contributed by atoms with Gasteiger partial charge in [-0.25, -0.2) is 8.78 Å². The smallest absolute Gasteiger partial charge is 0.265 e. The second-order valence-electron chi connectivity index (χ2n) is 7.26. The van der Waals surface area contributed by atoms with Crippen molar-refractivity contribution in [3.63, 3.8) is 0 Å². The van der Waals surface area contributed by atoms with Crippen LogP contribution in [0.15, 0.2) is 36.7 Å². The zero-order valence-electron chi connectivity index (χ0n) is 15.2. The lowest BCUT2D eigenvalue weighted by Gasteiger charge is -2.24. The molecule has 0 spiro atoms. The van der Waals surface area contributed by atoms with Crippen molar-refractivity contribution in [2.75, 3.05) is 13.6 Å². The van der Waals surface area contributed by atoms with E-state index in [0.717, 1.165) is 31.6 Å². The predicted octanol–water partition coefficient (Wildman–Crippen LogP) is 4.51. The fourth-order valence-electron chi connectivity index (χ4n) is 3.96. The molecule has 2 aromatic heterocycles. The van der Waals surface area contributed by atoms with Gasteiger partial charge in [-0.05, 0) is 49.7 Å². The molecule has 3 aromatic rings. The van der Waals surface area contributed by atoms with Gasteiger partial charge in [0.2, 0.25) is 0 Å². The van der Waals surface area contributed by atoms with E-state index in [9.17, 15) is 8.78 Å². The molecule has 4 rings (SSSR count). The number of nitrogens with zero attached hydrogens (tertiary/aromatic N) is 3. The van der Waals surface area contributed by atoms with Gasteiger partial charge in [0.05, 0.1) is 0 Å². The van der Waals surface area contributed by atoms with Crippen molar-refractivity contribution in [2.45, 2.75) is 39.3 Å². The third-order valence-electron chi connectivity index (χ3n) is 5.29. The number of halogens is 2. The molecule has 0 amide bonds. The average molecular weight is 355 g/mol. The molecule has 0 fully saturated rings. The van der Waals surface area contributed by atoms with Crippen molar-refractivity contribution in [1.29, 1.82) is 0 Å². The summed E-state index contributed by atoms with van der Waals surface area (Å²) >= 11 is 0. The topological polar surface area (TPSA) is 21.1 Å². The van der Waals surface area contributed by atoms with Crippen LogP contribution in [0.3, 0.4) is 0 Å². The summed E-state index contributed by atoms with van der Waals surface area (Å²) in [6.07, 6.45) is 2.20. The molecule has 0 aliphatic carbocycles. The van der Waals surface area contributed by atoms with Crippen LogP contribution in [0, 0.1) is 6.92 Å². The molecule has 5 heteroatoms. The molecular weight excluding hydrogens is 332 g/mol. The summed E-state index contributed by atoms with van der Waals surface area (Å²) in [5, 5.41) is 1.33. The summed E-state index contributed by atoms with van der Waals surface area (Å²) in [6, 6.07) is 8.18. The molecule has 0 unspecified atom stereocenters. The van der Waals surface area contributed by atoms with E-state index in [2.05, 4.69) is 46.6 Å². The van der Waals surface area contributed by atoms with Gasteiger partial charge >= 0.3 is 0 Å². The lowest BCUT2D eigenvalue weighted by Crippen LogP contribution is -2.27. The van der Waals surface area contributed by atoms with Crippen LogP contribution in [0.25, 0.3) is 10.9 Å². The van der Waals surface area contributed by atoms with E-state index in [0.29, 0.717) is 6.42 Å². The molecule has 0 bridgehead atoms. The zero-order valence-corrected chi connectivity index (χ0v) is 15.2. The van der Waals surface area contributed by atoms with Gasteiger partial charge < -0.3 is 9.47 Å². The molecule has 1 aliphatic heterocycles. The SMILES string of the molecule is Cc1ccc2c(c1)c1c(n2CCc2cncc(C(F)F)c2)CCN(C)C1. The molecule has 3 nitrogen and oxygen atoms in total. The highest BCUT2D eigenvalue weighted by Gasteiger charge is 2.22. The summed E-state index contributed by atoms with van der Waals surface area (Å²) in [4.78, 5) is 6.33. The summed E-state index contributed by atoms with van der Waals surface area (Å²) in [5.41, 5.74) is 6.17. The van der Waals surface area contributed by atoms with E-state index in [1.54, 1.807) is 12.3 Å². The van der Waals surface area contributed by atoms with E-state index in [1.165, 1.54) is 33.9 Å². The number of hydrogen-bond acceptors (Lipinski definition) is 2. The molecule has 0 radical (unpaired) electrons. The first-order valence-electron chi connectivity index (χ1n) is 9.04. The highest BCUT2D eigenvalue weighted by Crippen LogP contribution is 2.31. The zero-order chi connectivity index (χ0) is 18.3.